The van der Waals surface area contributed by atoms with Gasteiger partial charge in [-0.2, -0.15) is 0 Å². The normalized spacial score (nSPS) is 12.8. The van der Waals surface area contributed by atoms with Gasteiger partial charge in [-0.15, -0.1) is 0 Å². The Morgan fingerprint density at radius 1 is 1.24 bits per heavy atom. The summed E-state index contributed by atoms with van der Waals surface area (Å²) in [5.41, 5.74) is -0.474. The van der Waals surface area contributed by atoms with E-state index in [4.69, 9.17) is 28.3 Å². The molecule has 1 aromatic carbocycles. The Morgan fingerprint density at radius 3 is 2.24 bits per heavy atom. The summed E-state index contributed by atoms with van der Waals surface area (Å²) in [7, 11) is 0. The zero-order chi connectivity index (χ0) is 16.2. The topological polar surface area (TPSA) is 86.6 Å². The van der Waals surface area contributed by atoms with Crippen molar-refractivity contribution in [3.63, 3.8) is 0 Å². The molecule has 0 aliphatic carbocycles. The van der Waals surface area contributed by atoms with E-state index in [1.54, 1.807) is 13.8 Å². The number of aliphatic hydroxyl groups is 1. The molecule has 21 heavy (non-hydrogen) atoms. The molecular formula is C14H17Cl2NO4. The standard InChI is InChI=1S/C14H17Cl2NO4/c1-14(2,4-3-11(18)19)17-13(21)12(20)8-5-9(15)7-10(16)6-8/h5-7,12,20H,3-4H2,1-2H3,(H,17,21)(H,18,19). The van der Waals surface area contributed by atoms with Crippen LogP contribution in [0.1, 0.15) is 38.4 Å². The molecule has 1 unspecified atom stereocenters. The third-order valence-electron chi connectivity index (χ3n) is 2.87. The Kier molecular flexibility index (Phi) is 6.01. The molecule has 116 valence electrons. The highest BCUT2D eigenvalue weighted by Gasteiger charge is 2.26. The highest BCUT2D eigenvalue weighted by Crippen LogP contribution is 2.24. The molecule has 0 bridgehead atoms. The van der Waals surface area contributed by atoms with Gasteiger partial charge in [0.1, 0.15) is 0 Å². The van der Waals surface area contributed by atoms with E-state index in [1.165, 1.54) is 18.2 Å². The number of hydrogen-bond acceptors (Lipinski definition) is 3. The molecule has 1 aromatic rings. The van der Waals surface area contributed by atoms with Gasteiger partial charge < -0.3 is 15.5 Å². The van der Waals surface area contributed by atoms with Gasteiger partial charge in [-0.25, -0.2) is 0 Å². The molecule has 0 aliphatic rings. The fourth-order valence-corrected chi connectivity index (χ4v) is 2.31. The summed E-state index contributed by atoms with van der Waals surface area (Å²) in [4.78, 5) is 22.6. The van der Waals surface area contributed by atoms with E-state index in [0.29, 0.717) is 10.0 Å². The summed E-state index contributed by atoms with van der Waals surface area (Å²) in [5.74, 6) is -1.58. The van der Waals surface area contributed by atoms with Crippen LogP contribution < -0.4 is 5.32 Å². The average molecular weight is 334 g/mol. The third kappa shape index (κ3) is 5.91. The van der Waals surface area contributed by atoms with Crippen LogP contribution in [0.2, 0.25) is 10.0 Å². The summed E-state index contributed by atoms with van der Waals surface area (Å²) in [6.45, 7) is 3.37. The second-order valence-electron chi connectivity index (χ2n) is 5.37. The van der Waals surface area contributed by atoms with Crippen LogP contribution in [0.5, 0.6) is 0 Å². The van der Waals surface area contributed by atoms with Crippen molar-refractivity contribution in [3.05, 3.63) is 33.8 Å². The minimum atomic E-state index is -1.43. The number of hydrogen-bond donors (Lipinski definition) is 3. The number of rotatable bonds is 6. The van der Waals surface area contributed by atoms with Gasteiger partial charge in [-0.05, 0) is 44.0 Å². The van der Waals surface area contributed by atoms with Crippen LogP contribution in [0.4, 0.5) is 0 Å². The quantitative estimate of drug-likeness (QED) is 0.747. The van der Waals surface area contributed by atoms with Crippen molar-refractivity contribution in [2.24, 2.45) is 0 Å². The molecule has 5 nitrogen and oxygen atoms in total. The maximum Gasteiger partial charge on any atom is 0.303 e. The number of carbonyl (C=O) groups is 2. The van der Waals surface area contributed by atoms with Crippen LogP contribution in [0.3, 0.4) is 0 Å². The Morgan fingerprint density at radius 2 is 1.76 bits per heavy atom. The molecule has 0 saturated carbocycles. The first-order valence-corrected chi connectivity index (χ1v) is 7.04. The minimum Gasteiger partial charge on any atom is -0.481 e. The van der Waals surface area contributed by atoms with Crippen molar-refractivity contribution in [2.75, 3.05) is 0 Å². The third-order valence-corrected chi connectivity index (χ3v) is 3.31. The van der Waals surface area contributed by atoms with Gasteiger partial charge in [0.25, 0.3) is 5.91 Å². The second-order valence-corrected chi connectivity index (χ2v) is 6.25. The molecule has 0 saturated heterocycles. The highest BCUT2D eigenvalue weighted by molar-refractivity contribution is 6.34. The van der Waals surface area contributed by atoms with Crippen molar-refractivity contribution in [2.45, 2.75) is 38.3 Å². The lowest BCUT2D eigenvalue weighted by Gasteiger charge is -2.27. The maximum atomic E-state index is 12.0. The first kappa shape index (κ1) is 17.8. The van der Waals surface area contributed by atoms with Crippen LogP contribution in [0, 0.1) is 0 Å². The molecule has 1 rings (SSSR count). The van der Waals surface area contributed by atoms with Gasteiger partial charge >= 0.3 is 5.97 Å². The lowest BCUT2D eigenvalue weighted by Crippen LogP contribution is -2.45. The number of carbonyl (C=O) groups excluding carboxylic acids is 1. The van der Waals surface area contributed by atoms with E-state index in [1.807, 2.05) is 0 Å². The number of amides is 1. The first-order chi connectivity index (χ1) is 9.60. The summed E-state index contributed by atoms with van der Waals surface area (Å²) in [6.07, 6.45) is -1.26. The molecule has 0 aromatic heterocycles. The molecule has 3 N–H and O–H groups in total. The smallest absolute Gasteiger partial charge is 0.303 e. The molecule has 0 aliphatic heterocycles. The van der Waals surface area contributed by atoms with Crippen LogP contribution in [-0.2, 0) is 9.59 Å². The molecular weight excluding hydrogens is 317 g/mol. The van der Waals surface area contributed by atoms with Crippen molar-refractivity contribution >= 4 is 35.1 Å². The Hall–Kier alpha value is -1.30. The van der Waals surface area contributed by atoms with E-state index in [9.17, 15) is 14.7 Å². The zero-order valence-corrected chi connectivity index (χ0v) is 13.2. The molecule has 0 radical (unpaired) electrons. The average Bonchev–Trinajstić information content (AvgIpc) is 2.34. The number of benzene rings is 1. The summed E-state index contributed by atoms with van der Waals surface area (Å²) in [6, 6.07) is 4.39. The SMILES string of the molecule is CC(C)(CCC(=O)O)NC(=O)C(O)c1cc(Cl)cc(Cl)c1. The Labute approximate surface area is 132 Å². The van der Waals surface area contributed by atoms with E-state index in [2.05, 4.69) is 5.32 Å². The van der Waals surface area contributed by atoms with E-state index >= 15 is 0 Å². The molecule has 1 atom stereocenters. The molecule has 0 fully saturated rings. The van der Waals surface area contributed by atoms with Gasteiger partial charge in [0.05, 0.1) is 0 Å². The van der Waals surface area contributed by atoms with Crippen molar-refractivity contribution < 1.29 is 19.8 Å². The van der Waals surface area contributed by atoms with Crippen LogP contribution in [-0.4, -0.2) is 27.6 Å². The number of nitrogens with one attached hydrogen (secondary N) is 1. The highest BCUT2D eigenvalue weighted by atomic mass is 35.5. The molecule has 0 spiro atoms. The fraction of sp³-hybridized carbons (Fsp3) is 0.429. The summed E-state index contributed by atoms with van der Waals surface area (Å²) in [5, 5.41) is 21.9. The summed E-state index contributed by atoms with van der Waals surface area (Å²) < 4.78 is 0. The number of halogens is 2. The fourth-order valence-electron chi connectivity index (χ4n) is 1.77. The minimum absolute atomic E-state index is 0.0770. The second kappa shape index (κ2) is 7.11. The molecule has 7 heteroatoms. The van der Waals surface area contributed by atoms with Gasteiger partial charge in [-0.1, -0.05) is 23.2 Å². The number of carboxylic acid groups (broad SMARTS) is 1. The van der Waals surface area contributed by atoms with Crippen molar-refractivity contribution in [1.29, 1.82) is 0 Å². The lowest BCUT2D eigenvalue weighted by molar-refractivity contribution is -0.138. The molecule has 0 heterocycles. The summed E-state index contributed by atoms with van der Waals surface area (Å²) >= 11 is 11.6. The van der Waals surface area contributed by atoms with E-state index < -0.39 is 23.5 Å². The predicted molar refractivity (Wildman–Crippen MR) is 80.5 cm³/mol. The van der Waals surface area contributed by atoms with E-state index in [-0.39, 0.29) is 18.4 Å². The zero-order valence-electron chi connectivity index (χ0n) is 11.7. The van der Waals surface area contributed by atoms with Gasteiger partial charge in [0.15, 0.2) is 6.10 Å². The largest absolute Gasteiger partial charge is 0.481 e. The monoisotopic (exact) mass is 333 g/mol. The molecule has 1 amide bonds. The Bertz CT molecular complexity index is 526. The number of carboxylic acids is 1. The number of aliphatic carboxylic acids is 1. The van der Waals surface area contributed by atoms with Crippen molar-refractivity contribution in [1.82, 2.24) is 5.32 Å². The maximum absolute atomic E-state index is 12.0. The van der Waals surface area contributed by atoms with Gasteiger partial charge in [0.2, 0.25) is 0 Å². The van der Waals surface area contributed by atoms with Gasteiger partial charge in [-0.3, -0.25) is 9.59 Å². The number of aliphatic hydroxyl groups excluding tert-OH is 1. The lowest BCUT2D eigenvalue weighted by atomic mass is 9.97. The predicted octanol–water partition coefficient (Wildman–Crippen LogP) is 2.79. The Balaban J connectivity index is 2.76. The van der Waals surface area contributed by atoms with Crippen LogP contribution in [0.15, 0.2) is 18.2 Å². The van der Waals surface area contributed by atoms with Crippen molar-refractivity contribution in [3.8, 4) is 0 Å². The van der Waals surface area contributed by atoms with Crippen LogP contribution in [0.25, 0.3) is 0 Å². The van der Waals surface area contributed by atoms with E-state index in [0.717, 1.165) is 0 Å². The van der Waals surface area contributed by atoms with Gasteiger partial charge in [0, 0.05) is 22.0 Å². The first-order valence-electron chi connectivity index (χ1n) is 6.28. The van der Waals surface area contributed by atoms with Crippen LogP contribution >= 0.6 is 23.2 Å².